The third-order valence-electron chi connectivity index (χ3n) is 2.39. The third kappa shape index (κ3) is 1.63. The van der Waals surface area contributed by atoms with Crippen molar-refractivity contribution in [1.82, 2.24) is 0 Å². The maximum absolute atomic E-state index is 9.46. The van der Waals surface area contributed by atoms with Crippen LogP contribution in [0.1, 0.15) is 26.2 Å². The van der Waals surface area contributed by atoms with Crippen molar-refractivity contribution in [1.29, 1.82) is 0 Å². The zero-order valence-electron chi connectivity index (χ0n) is 7.05. The quantitative estimate of drug-likeness (QED) is 0.627. The molecule has 0 bridgehead atoms. The number of ether oxygens (including phenoxy) is 1. The van der Waals surface area contributed by atoms with Crippen LogP contribution in [0, 0.1) is 0 Å². The highest BCUT2D eigenvalue weighted by atomic mass is 16.5. The summed E-state index contributed by atoms with van der Waals surface area (Å²) in [6.45, 7) is 6.22. The molecule has 2 nitrogen and oxygen atoms in total. The van der Waals surface area contributed by atoms with Crippen molar-refractivity contribution in [3.8, 4) is 0 Å². The lowest BCUT2D eigenvalue weighted by Gasteiger charge is -2.30. The van der Waals surface area contributed by atoms with E-state index in [-0.39, 0.29) is 11.7 Å². The Morgan fingerprint density at radius 2 is 2.55 bits per heavy atom. The van der Waals surface area contributed by atoms with Crippen LogP contribution in [0.5, 0.6) is 0 Å². The molecule has 0 radical (unpaired) electrons. The Morgan fingerprint density at radius 1 is 1.82 bits per heavy atom. The molecule has 2 heteroatoms. The lowest BCUT2D eigenvalue weighted by atomic mass is 9.91. The van der Waals surface area contributed by atoms with Gasteiger partial charge in [-0.3, -0.25) is 0 Å². The first kappa shape index (κ1) is 8.75. The number of rotatable bonds is 3. The monoisotopic (exact) mass is 156 g/mol. The second-order valence-electron chi connectivity index (χ2n) is 3.19. The molecule has 1 saturated heterocycles. The molecule has 1 fully saturated rings. The van der Waals surface area contributed by atoms with Gasteiger partial charge >= 0.3 is 0 Å². The minimum atomic E-state index is -0.386. The standard InChI is InChI=1S/C9H16O2/c1-3-5-9(8(2)10)6-4-7-11-9/h3,8,10H,1,4-7H2,2H3/t8-,9?/m0/s1. The molecule has 11 heavy (non-hydrogen) atoms. The fraction of sp³-hybridized carbons (Fsp3) is 0.778. The average Bonchev–Trinajstić information content (AvgIpc) is 2.38. The van der Waals surface area contributed by atoms with E-state index in [9.17, 15) is 5.11 Å². The third-order valence-corrected chi connectivity index (χ3v) is 2.39. The molecule has 1 aliphatic heterocycles. The summed E-state index contributed by atoms with van der Waals surface area (Å²) in [5.41, 5.74) is -0.318. The predicted octanol–water partition coefficient (Wildman–Crippen LogP) is 1.49. The van der Waals surface area contributed by atoms with E-state index < -0.39 is 0 Å². The van der Waals surface area contributed by atoms with Gasteiger partial charge in [0.25, 0.3) is 0 Å². The van der Waals surface area contributed by atoms with Crippen LogP contribution in [0.2, 0.25) is 0 Å². The molecule has 64 valence electrons. The molecule has 1 N–H and O–H groups in total. The largest absolute Gasteiger partial charge is 0.390 e. The van der Waals surface area contributed by atoms with Gasteiger partial charge in [-0.05, 0) is 26.2 Å². The van der Waals surface area contributed by atoms with Crippen LogP contribution in [0.3, 0.4) is 0 Å². The number of aliphatic hydroxyl groups is 1. The van der Waals surface area contributed by atoms with Crippen LogP contribution in [-0.2, 0) is 4.74 Å². The van der Waals surface area contributed by atoms with Crippen molar-refractivity contribution in [2.45, 2.75) is 37.9 Å². The van der Waals surface area contributed by atoms with E-state index in [0.717, 1.165) is 25.9 Å². The molecule has 1 unspecified atom stereocenters. The van der Waals surface area contributed by atoms with E-state index in [1.54, 1.807) is 6.92 Å². The van der Waals surface area contributed by atoms with Gasteiger partial charge in [-0.25, -0.2) is 0 Å². The van der Waals surface area contributed by atoms with Gasteiger partial charge in [0, 0.05) is 6.61 Å². The Bertz CT molecular complexity index is 134. The van der Waals surface area contributed by atoms with Gasteiger partial charge in [-0.15, -0.1) is 6.58 Å². The van der Waals surface area contributed by atoms with Crippen LogP contribution < -0.4 is 0 Å². The first-order valence-corrected chi connectivity index (χ1v) is 4.14. The number of aliphatic hydroxyl groups excluding tert-OH is 1. The van der Waals surface area contributed by atoms with Crippen LogP contribution in [0.4, 0.5) is 0 Å². The molecule has 0 aromatic carbocycles. The van der Waals surface area contributed by atoms with E-state index in [4.69, 9.17) is 4.74 Å². The van der Waals surface area contributed by atoms with Gasteiger partial charge in [0.05, 0.1) is 11.7 Å². The molecule has 1 rings (SSSR count). The van der Waals surface area contributed by atoms with E-state index >= 15 is 0 Å². The molecule has 0 aromatic rings. The van der Waals surface area contributed by atoms with Crippen LogP contribution in [-0.4, -0.2) is 23.4 Å². The Morgan fingerprint density at radius 3 is 2.91 bits per heavy atom. The minimum absolute atomic E-state index is 0.318. The highest BCUT2D eigenvalue weighted by Gasteiger charge is 2.38. The molecule has 1 aliphatic rings. The lowest BCUT2D eigenvalue weighted by molar-refractivity contribution is -0.0800. The van der Waals surface area contributed by atoms with Gasteiger partial charge in [-0.2, -0.15) is 0 Å². The summed E-state index contributed by atoms with van der Waals surface area (Å²) < 4.78 is 5.52. The van der Waals surface area contributed by atoms with Crippen LogP contribution in [0.15, 0.2) is 12.7 Å². The smallest absolute Gasteiger partial charge is 0.0972 e. The van der Waals surface area contributed by atoms with E-state index in [1.807, 2.05) is 6.08 Å². The summed E-state index contributed by atoms with van der Waals surface area (Å²) in [5.74, 6) is 0. The minimum Gasteiger partial charge on any atom is -0.390 e. The second-order valence-corrected chi connectivity index (χ2v) is 3.19. The number of hydrogen-bond acceptors (Lipinski definition) is 2. The van der Waals surface area contributed by atoms with E-state index in [2.05, 4.69) is 6.58 Å². The van der Waals surface area contributed by atoms with Gasteiger partial charge < -0.3 is 9.84 Å². The summed E-state index contributed by atoms with van der Waals surface area (Å²) >= 11 is 0. The zero-order chi connectivity index (χ0) is 8.32. The molecule has 0 spiro atoms. The van der Waals surface area contributed by atoms with Gasteiger partial charge in [-0.1, -0.05) is 6.08 Å². The summed E-state index contributed by atoms with van der Waals surface area (Å²) in [4.78, 5) is 0. The molecule has 0 aliphatic carbocycles. The topological polar surface area (TPSA) is 29.5 Å². The van der Waals surface area contributed by atoms with Gasteiger partial charge in [0.15, 0.2) is 0 Å². The first-order chi connectivity index (χ1) is 5.21. The molecule has 0 aromatic heterocycles. The normalized spacial score (nSPS) is 33.6. The summed E-state index contributed by atoms with van der Waals surface area (Å²) in [7, 11) is 0. The first-order valence-electron chi connectivity index (χ1n) is 4.14. The Hall–Kier alpha value is -0.340. The SMILES string of the molecule is C=CCC1([C@H](C)O)CCCO1. The molecule has 2 atom stereocenters. The van der Waals surface area contributed by atoms with Crippen molar-refractivity contribution in [3.05, 3.63) is 12.7 Å². The fourth-order valence-corrected chi connectivity index (χ4v) is 1.62. The van der Waals surface area contributed by atoms with Crippen molar-refractivity contribution >= 4 is 0 Å². The predicted molar refractivity (Wildman–Crippen MR) is 44.4 cm³/mol. The Balaban J connectivity index is 2.61. The van der Waals surface area contributed by atoms with Crippen molar-refractivity contribution in [2.24, 2.45) is 0 Å². The Kier molecular flexibility index (Phi) is 2.68. The highest BCUT2D eigenvalue weighted by molar-refractivity contribution is 4.95. The fourth-order valence-electron chi connectivity index (χ4n) is 1.62. The van der Waals surface area contributed by atoms with Gasteiger partial charge in [0.1, 0.15) is 0 Å². The second kappa shape index (κ2) is 3.37. The summed E-state index contributed by atoms with van der Waals surface area (Å²) in [6.07, 6.45) is 4.20. The Labute approximate surface area is 67.9 Å². The molecular weight excluding hydrogens is 140 g/mol. The molecular formula is C9H16O2. The maximum atomic E-state index is 9.46. The summed E-state index contributed by atoms with van der Waals surface area (Å²) in [5, 5.41) is 9.46. The average molecular weight is 156 g/mol. The van der Waals surface area contributed by atoms with Crippen LogP contribution >= 0.6 is 0 Å². The number of hydrogen-bond donors (Lipinski definition) is 1. The van der Waals surface area contributed by atoms with Crippen molar-refractivity contribution in [3.63, 3.8) is 0 Å². The van der Waals surface area contributed by atoms with Crippen LogP contribution in [0.25, 0.3) is 0 Å². The highest BCUT2D eigenvalue weighted by Crippen LogP contribution is 2.32. The van der Waals surface area contributed by atoms with E-state index in [0.29, 0.717) is 0 Å². The van der Waals surface area contributed by atoms with Gasteiger partial charge in [0.2, 0.25) is 0 Å². The molecule has 0 saturated carbocycles. The maximum Gasteiger partial charge on any atom is 0.0972 e. The molecule has 0 amide bonds. The summed E-state index contributed by atoms with van der Waals surface area (Å²) in [6, 6.07) is 0. The van der Waals surface area contributed by atoms with Crippen molar-refractivity contribution in [2.75, 3.05) is 6.61 Å². The van der Waals surface area contributed by atoms with E-state index in [1.165, 1.54) is 0 Å². The lowest BCUT2D eigenvalue weighted by Crippen LogP contribution is -2.39. The zero-order valence-corrected chi connectivity index (χ0v) is 7.05. The molecule has 1 heterocycles. The van der Waals surface area contributed by atoms with Crippen molar-refractivity contribution < 1.29 is 9.84 Å².